The lowest BCUT2D eigenvalue weighted by Crippen LogP contribution is -2.30. The maximum atomic E-state index is 12.6. The van der Waals surface area contributed by atoms with E-state index in [1.165, 1.54) is 32.0 Å². The molecule has 0 unspecified atom stereocenters. The first-order valence-corrected chi connectivity index (χ1v) is 13.6. The molecule has 0 bridgehead atoms. The molecule has 2 rings (SSSR count). The van der Waals surface area contributed by atoms with E-state index in [1.807, 2.05) is 13.0 Å². The van der Waals surface area contributed by atoms with Gasteiger partial charge in [-0.3, -0.25) is 19.8 Å². The highest BCUT2D eigenvalue weighted by Crippen LogP contribution is 2.42. The number of methoxy groups -OCH3 is 3. The van der Waals surface area contributed by atoms with Gasteiger partial charge in [0.05, 0.1) is 31.3 Å². The van der Waals surface area contributed by atoms with Gasteiger partial charge >= 0.3 is 12.6 Å². The molecule has 1 heterocycles. The van der Waals surface area contributed by atoms with Crippen molar-refractivity contribution in [2.45, 2.75) is 65.2 Å². The van der Waals surface area contributed by atoms with Crippen LogP contribution in [0.5, 0.6) is 11.5 Å². The topological polar surface area (TPSA) is 100 Å². The number of hydrogen-bond acceptors (Lipinski definition) is 8. The minimum Gasteiger partial charge on any atom is -0.549 e. The number of rotatable bonds is 16. The average molecular weight is 522 g/mol. The summed E-state index contributed by atoms with van der Waals surface area (Å²) in [4.78, 5) is 25.5. The number of amides is 1. The lowest BCUT2D eigenvalue weighted by Gasteiger charge is -2.28. The largest absolute Gasteiger partial charge is 0.549 e. The molecule has 1 aromatic rings. The quantitative estimate of drug-likeness (QED) is 0.104. The van der Waals surface area contributed by atoms with Gasteiger partial charge in [0.25, 0.3) is 5.24 Å². The molecule has 9 nitrogen and oxygen atoms in total. The zero-order valence-electron chi connectivity index (χ0n) is 22.3. The van der Waals surface area contributed by atoms with Crippen LogP contribution in [-0.4, -0.2) is 55.6 Å². The van der Waals surface area contributed by atoms with Crippen molar-refractivity contribution in [3.05, 3.63) is 39.8 Å². The lowest BCUT2D eigenvalue weighted by atomic mass is 9.59. The van der Waals surface area contributed by atoms with E-state index in [2.05, 4.69) is 13.8 Å². The van der Waals surface area contributed by atoms with E-state index in [9.17, 15) is 14.9 Å². The van der Waals surface area contributed by atoms with E-state index < -0.39 is 11.0 Å². The Hall–Kier alpha value is -2.40. The number of unbranched alkanes of at least 4 members (excludes halogenated alkanes) is 2. The summed E-state index contributed by atoms with van der Waals surface area (Å²) in [7, 11) is 4.39. The van der Waals surface area contributed by atoms with Gasteiger partial charge in [-0.1, -0.05) is 58.2 Å². The predicted octanol–water partition coefficient (Wildman–Crippen LogP) is 6.55. The third kappa shape index (κ3) is 7.80. The van der Waals surface area contributed by atoms with Crippen molar-refractivity contribution in [3.8, 4) is 11.5 Å². The van der Waals surface area contributed by atoms with Crippen LogP contribution in [0.15, 0.2) is 24.1 Å². The van der Waals surface area contributed by atoms with Gasteiger partial charge in [0, 0.05) is 30.9 Å². The third-order valence-corrected chi connectivity index (χ3v) is 7.08. The minimum atomic E-state index is -0.609. The van der Waals surface area contributed by atoms with Gasteiger partial charge in [-0.2, -0.15) is 0 Å². The van der Waals surface area contributed by atoms with E-state index in [-0.39, 0.29) is 29.5 Å². The Kier molecular flexibility index (Phi) is 12.4. The van der Waals surface area contributed by atoms with Crippen LogP contribution in [-0.2, 0) is 9.39 Å². The molecule has 0 radical (unpaired) electrons. The maximum Gasteiger partial charge on any atom is 0.359 e. The standard InChI is InChI=1S/C25H39BN2O7S/c1-7-9-11-26(12-10-8-2)35-22(27-13-14-36-25(27)29)15-18(3)23(33-5)20-16-19(32-4)17-21(28(30)31)24(20)34-6/h15-18,23H,7-14H2,1-6H3/b22-15+/t18-,23+/m0/s1. The molecule has 0 aliphatic carbocycles. The summed E-state index contributed by atoms with van der Waals surface area (Å²) >= 11 is 1.27. The Morgan fingerprint density at radius 3 is 2.33 bits per heavy atom. The second-order valence-corrected chi connectivity index (χ2v) is 9.88. The fourth-order valence-electron chi connectivity index (χ4n) is 4.32. The van der Waals surface area contributed by atoms with Crippen LogP contribution >= 0.6 is 11.8 Å². The molecule has 0 saturated carbocycles. The Morgan fingerprint density at radius 1 is 1.19 bits per heavy atom. The van der Waals surface area contributed by atoms with E-state index in [0.717, 1.165) is 38.3 Å². The number of hydrogen-bond donors (Lipinski definition) is 0. The normalized spacial score (nSPS) is 15.6. The first-order valence-electron chi connectivity index (χ1n) is 12.6. The average Bonchev–Trinajstić information content (AvgIpc) is 3.30. The van der Waals surface area contributed by atoms with E-state index in [0.29, 0.717) is 29.5 Å². The van der Waals surface area contributed by atoms with Gasteiger partial charge in [0.15, 0.2) is 5.88 Å². The van der Waals surface area contributed by atoms with Crippen molar-refractivity contribution in [3.63, 3.8) is 0 Å². The molecule has 0 aromatic heterocycles. The van der Waals surface area contributed by atoms with Crippen LogP contribution in [0.25, 0.3) is 0 Å². The van der Waals surface area contributed by atoms with Crippen LogP contribution in [0.1, 0.15) is 58.1 Å². The monoisotopic (exact) mass is 522 g/mol. The van der Waals surface area contributed by atoms with Gasteiger partial charge in [-0.25, -0.2) is 0 Å². The highest BCUT2D eigenvalue weighted by molar-refractivity contribution is 8.13. The van der Waals surface area contributed by atoms with E-state index >= 15 is 0 Å². The molecular formula is C25H39BN2O7S. The number of carbonyl (C=O) groups is 1. The van der Waals surface area contributed by atoms with E-state index in [1.54, 1.807) is 18.1 Å². The zero-order valence-corrected chi connectivity index (χ0v) is 23.1. The summed E-state index contributed by atoms with van der Waals surface area (Å²) < 4.78 is 23.1. The first kappa shape index (κ1) is 29.8. The lowest BCUT2D eigenvalue weighted by molar-refractivity contribution is -0.385. The van der Waals surface area contributed by atoms with Gasteiger partial charge in [0.1, 0.15) is 5.75 Å². The van der Waals surface area contributed by atoms with Crippen molar-refractivity contribution < 1.29 is 28.6 Å². The number of carbonyl (C=O) groups excluding carboxylic acids is 1. The van der Waals surface area contributed by atoms with Crippen molar-refractivity contribution in [2.75, 3.05) is 33.6 Å². The minimum absolute atomic E-state index is 0.00943. The van der Waals surface area contributed by atoms with Crippen LogP contribution in [0.2, 0.25) is 12.6 Å². The highest BCUT2D eigenvalue weighted by Gasteiger charge is 2.32. The van der Waals surface area contributed by atoms with Crippen LogP contribution < -0.4 is 9.47 Å². The Balaban J connectivity index is 2.49. The Labute approximate surface area is 219 Å². The summed E-state index contributed by atoms with van der Waals surface area (Å²) in [6.07, 6.45) is 7.36. The number of thioether (sulfide) groups is 1. The second-order valence-electron chi connectivity index (χ2n) is 8.84. The number of nitro groups is 1. The van der Waals surface area contributed by atoms with Crippen LogP contribution in [0, 0.1) is 16.0 Å². The van der Waals surface area contributed by atoms with Crippen molar-refractivity contribution in [1.82, 2.24) is 4.90 Å². The SMILES string of the molecule is CCCCB(CCCC)O/C(=C/[C@H](C)[C@@H](OC)c1cc(OC)cc([N+](=O)[O-])c1OC)N1CCSC1=O. The fraction of sp³-hybridized carbons (Fsp3) is 0.640. The van der Waals surface area contributed by atoms with Gasteiger partial charge in [-0.05, 0) is 24.8 Å². The third-order valence-electron chi connectivity index (χ3n) is 6.23. The summed E-state index contributed by atoms with van der Waals surface area (Å²) in [6, 6.07) is 3.02. The number of nitrogens with zero attached hydrogens (tertiary/aromatic N) is 2. The Bertz CT molecular complexity index is 907. The molecule has 1 aliphatic rings. The van der Waals surface area contributed by atoms with Gasteiger partial charge in [-0.15, -0.1) is 0 Å². The molecule has 0 spiro atoms. The molecule has 36 heavy (non-hydrogen) atoms. The number of ether oxygens (including phenoxy) is 3. The molecule has 1 aromatic carbocycles. The predicted molar refractivity (Wildman–Crippen MR) is 144 cm³/mol. The van der Waals surface area contributed by atoms with Gasteiger partial charge < -0.3 is 18.9 Å². The van der Waals surface area contributed by atoms with Crippen molar-refractivity contribution >= 4 is 29.6 Å². The van der Waals surface area contributed by atoms with Crippen molar-refractivity contribution in [2.24, 2.45) is 5.92 Å². The van der Waals surface area contributed by atoms with Gasteiger partial charge in [0.2, 0.25) is 5.75 Å². The molecular weight excluding hydrogens is 483 g/mol. The summed E-state index contributed by atoms with van der Waals surface area (Å²) in [5.41, 5.74) is 0.289. The zero-order chi connectivity index (χ0) is 26.7. The second kappa shape index (κ2) is 15.0. The molecule has 2 atom stereocenters. The summed E-state index contributed by atoms with van der Waals surface area (Å²) in [5, 5.41) is 11.7. The maximum absolute atomic E-state index is 12.6. The van der Waals surface area contributed by atoms with Crippen LogP contribution in [0.4, 0.5) is 10.5 Å². The molecule has 1 aliphatic heterocycles. The first-order chi connectivity index (χ1) is 17.3. The Morgan fingerprint density at radius 2 is 1.86 bits per heavy atom. The summed E-state index contributed by atoms with van der Waals surface area (Å²) in [5.74, 6) is 1.37. The molecule has 11 heteroatoms. The van der Waals surface area contributed by atoms with E-state index in [4.69, 9.17) is 18.9 Å². The number of nitro benzene ring substituents is 1. The highest BCUT2D eigenvalue weighted by atomic mass is 32.2. The van der Waals surface area contributed by atoms with Crippen LogP contribution in [0.3, 0.4) is 0 Å². The molecule has 1 saturated heterocycles. The smallest absolute Gasteiger partial charge is 0.359 e. The number of benzene rings is 1. The summed E-state index contributed by atoms with van der Waals surface area (Å²) in [6.45, 7) is 6.82. The van der Waals surface area contributed by atoms with Crippen molar-refractivity contribution in [1.29, 1.82) is 0 Å². The molecule has 1 fully saturated rings. The fourth-order valence-corrected chi connectivity index (χ4v) is 5.10. The molecule has 1 amide bonds. The molecule has 200 valence electrons. The molecule has 0 N–H and O–H groups in total.